The molecule has 6 nitrogen and oxygen atoms in total. The molecule has 1 atom stereocenters. The Balaban J connectivity index is 1.99. The molecule has 1 aromatic carbocycles. The molecule has 1 N–H and O–H groups in total. The number of ether oxygens (including phenoxy) is 1. The number of aromatic nitrogens is 2. The molecule has 102 valence electrons. The Bertz CT molecular complexity index is 690. The van der Waals surface area contributed by atoms with Crippen LogP contribution in [0.15, 0.2) is 41.2 Å². The van der Waals surface area contributed by atoms with Crippen molar-refractivity contribution >= 4 is 11.6 Å². The molecule has 2 aromatic rings. The highest BCUT2D eigenvalue weighted by atomic mass is 16.5. The molecule has 20 heavy (non-hydrogen) atoms. The summed E-state index contributed by atoms with van der Waals surface area (Å²) in [6.45, 7) is 2.34. The zero-order valence-corrected chi connectivity index (χ0v) is 10.9. The van der Waals surface area contributed by atoms with E-state index in [1.165, 1.54) is 12.1 Å². The molecule has 0 saturated carbocycles. The van der Waals surface area contributed by atoms with Crippen molar-refractivity contribution in [3.63, 3.8) is 0 Å². The molecule has 1 aromatic heterocycles. The summed E-state index contributed by atoms with van der Waals surface area (Å²) in [6.07, 6.45) is -0.100. The molecule has 2 heterocycles. The fourth-order valence-electron chi connectivity index (χ4n) is 2.18. The van der Waals surface area contributed by atoms with Crippen LogP contribution in [0.2, 0.25) is 0 Å². The number of hydrogen-bond acceptors (Lipinski definition) is 4. The minimum Gasteiger partial charge on any atom is -0.487 e. The molecule has 1 amide bonds. The summed E-state index contributed by atoms with van der Waals surface area (Å²) in [5.74, 6) is 0.410. The van der Waals surface area contributed by atoms with Crippen LogP contribution < -0.4 is 15.2 Å². The fraction of sp³-hybridized carbons (Fsp3) is 0.214. The average molecular weight is 271 g/mol. The first-order valence-electron chi connectivity index (χ1n) is 6.28. The second-order valence-corrected chi connectivity index (χ2v) is 4.62. The standard InChI is InChI=1S/C14H13N3O3/c1-9-8-17(11-4-2-3-5-12(11)20-9)14(19)10-6-7-13(18)16-15-10/h2-7,9H,8H2,1H3,(H,16,18). The number of fused-ring (bicyclic) bond motifs is 1. The van der Waals surface area contributed by atoms with E-state index in [0.29, 0.717) is 18.0 Å². The fourth-order valence-corrected chi connectivity index (χ4v) is 2.18. The topological polar surface area (TPSA) is 75.3 Å². The van der Waals surface area contributed by atoms with E-state index >= 15 is 0 Å². The molecule has 1 unspecified atom stereocenters. The number of aromatic amines is 1. The van der Waals surface area contributed by atoms with Gasteiger partial charge in [0.05, 0.1) is 12.2 Å². The number of rotatable bonds is 1. The van der Waals surface area contributed by atoms with E-state index in [-0.39, 0.29) is 23.3 Å². The molecule has 3 rings (SSSR count). The number of anilines is 1. The average Bonchev–Trinajstić information content (AvgIpc) is 2.46. The van der Waals surface area contributed by atoms with E-state index in [1.54, 1.807) is 4.90 Å². The van der Waals surface area contributed by atoms with Crippen LogP contribution in [-0.2, 0) is 0 Å². The summed E-state index contributed by atoms with van der Waals surface area (Å²) in [6, 6.07) is 10.1. The van der Waals surface area contributed by atoms with Crippen LogP contribution in [0.3, 0.4) is 0 Å². The first-order chi connectivity index (χ1) is 9.65. The number of amides is 1. The maximum atomic E-state index is 12.5. The second-order valence-electron chi connectivity index (χ2n) is 4.62. The van der Waals surface area contributed by atoms with E-state index in [0.717, 1.165) is 0 Å². The van der Waals surface area contributed by atoms with Gasteiger partial charge in [0, 0.05) is 6.07 Å². The molecule has 0 aliphatic carbocycles. The van der Waals surface area contributed by atoms with Gasteiger partial charge in [0.25, 0.3) is 11.5 Å². The van der Waals surface area contributed by atoms with E-state index in [1.807, 2.05) is 31.2 Å². The molecule has 0 saturated heterocycles. The first-order valence-corrected chi connectivity index (χ1v) is 6.28. The maximum Gasteiger partial charge on any atom is 0.278 e. The molecular weight excluding hydrogens is 258 g/mol. The van der Waals surface area contributed by atoms with Gasteiger partial charge in [0.15, 0.2) is 0 Å². The Morgan fingerprint density at radius 3 is 2.90 bits per heavy atom. The van der Waals surface area contributed by atoms with Gasteiger partial charge in [-0.3, -0.25) is 14.5 Å². The van der Waals surface area contributed by atoms with Crippen molar-refractivity contribution in [1.82, 2.24) is 10.2 Å². The quantitative estimate of drug-likeness (QED) is 0.845. The molecule has 0 fully saturated rings. The largest absolute Gasteiger partial charge is 0.487 e. The number of benzene rings is 1. The van der Waals surface area contributed by atoms with Crippen LogP contribution in [-0.4, -0.2) is 28.8 Å². The lowest BCUT2D eigenvalue weighted by molar-refractivity contribution is 0.0955. The molecular formula is C14H13N3O3. The third kappa shape index (κ3) is 2.16. The zero-order chi connectivity index (χ0) is 14.1. The number of nitrogens with one attached hydrogen (secondary N) is 1. The summed E-state index contributed by atoms with van der Waals surface area (Å²) in [4.78, 5) is 25.1. The van der Waals surface area contributed by atoms with Crippen LogP contribution in [0.5, 0.6) is 5.75 Å². The predicted octanol–water partition coefficient (Wildman–Crippen LogP) is 1.20. The van der Waals surface area contributed by atoms with Gasteiger partial charge in [-0.15, -0.1) is 0 Å². The minimum absolute atomic E-state index is 0.100. The first kappa shape index (κ1) is 12.4. The van der Waals surface area contributed by atoms with Gasteiger partial charge in [0.1, 0.15) is 17.5 Å². The third-order valence-electron chi connectivity index (χ3n) is 3.07. The summed E-state index contributed by atoms with van der Waals surface area (Å²) < 4.78 is 5.70. The third-order valence-corrected chi connectivity index (χ3v) is 3.07. The minimum atomic E-state index is -0.336. The van der Waals surface area contributed by atoms with Crippen molar-refractivity contribution in [1.29, 1.82) is 0 Å². The molecule has 0 bridgehead atoms. The number of para-hydroxylation sites is 2. The van der Waals surface area contributed by atoms with Gasteiger partial charge in [-0.2, -0.15) is 5.10 Å². The zero-order valence-electron chi connectivity index (χ0n) is 10.9. The van der Waals surface area contributed by atoms with Gasteiger partial charge in [0.2, 0.25) is 0 Å². The van der Waals surface area contributed by atoms with E-state index in [2.05, 4.69) is 10.2 Å². The Morgan fingerprint density at radius 1 is 1.35 bits per heavy atom. The van der Waals surface area contributed by atoms with Gasteiger partial charge >= 0.3 is 0 Å². The lowest BCUT2D eigenvalue weighted by Gasteiger charge is -2.33. The van der Waals surface area contributed by atoms with Crippen LogP contribution in [0, 0.1) is 0 Å². The summed E-state index contributed by atoms with van der Waals surface area (Å²) in [5.41, 5.74) is 0.578. The molecule has 0 radical (unpaired) electrons. The second kappa shape index (κ2) is 4.80. The molecule has 1 aliphatic heterocycles. The van der Waals surface area contributed by atoms with E-state index < -0.39 is 0 Å². The number of hydrogen-bond donors (Lipinski definition) is 1. The van der Waals surface area contributed by atoms with Crippen molar-refractivity contribution in [2.75, 3.05) is 11.4 Å². The van der Waals surface area contributed by atoms with Crippen molar-refractivity contribution in [3.05, 3.63) is 52.4 Å². The Kier molecular flexibility index (Phi) is 2.98. The number of H-pyrrole nitrogens is 1. The lowest BCUT2D eigenvalue weighted by Crippen LogP contribution is -2.42. The van der Waals surface area contributed by atoms with E-state index in [9.17, 15) is 9.59 Å². The van der Waals surface area contributed by atoms with Crippen molar-refractivity contribution in [2.45, 2.75) is 13.0 Å². The van der Waals surface area contributed by atoms with Gasteiger partial charge in [-0.25, -0.2) is 5.10 Å². The maximum absolute atomic E-state index is 12.5. The van der Waals surface area contributed by atoms with Crippen LogP contribution in [0.4, 0.5) is 5.69 Å². The summed E-state index contributed by atoms with van der Waals surface area (Å²) in [7, 11) is 0. The molecule has 1 aliphatic rings. The van der Waals surface area contributed by atoms with Crippen LogP contribution in [0.25, 0.3) is 0 Å². The highest BCUT2D eigenvalue weighted by molar-refractivity contribution is 6.05. The van der Waals surface area contributed by atoms with Crippen molar-refractivity contribution in [3.8, 4) is 5.75 Å². The Labute approximate surface area is 115 Å². The predicted molar refractivity (Wildman–Crippen MR) is 73.1 cm³/mol. The van der Waals surface area contributed by atoms with Gasteiger partial charge < -0.3 is 4.74 Å². The van der Waals surface area contributed by atoms with E-state index in [4.69, 9.17) is 4.74 Å². The molecule has 6 heteroatoms. The highest BCUT2D eigenvalue weighted by Crippen LogP contribution is 2.33. The Morgan fingerprint density at radius 2 is 2.15 bits per heavy atom. The SMILES string of the molecule is CC1CN(C(=O)c2ccc(=O)[nH]n2)c2ccccc2O1. The Hall–Kier alpha value is -2.63. The van der Waals surface area contributed by atoms with Crippen LogP contribution in [0.1, 0.15) is 17.4 Å². The van der Waals surface area contributed by atoms with Gasteiger partial charge in [-0.1, -0.05) is 12.1 Å². The number of nitrogens with zero attached hydrogens (tertiary/aromatic N) is 2. The summed E-state index contributed by atoms with van der Waals surface area (Å²) >= 11 is 0. The highest BCUT2D eigenvalue weighted by Gasteiger charge is 2.28. The lowest BCUT2D eigenvalue weighted by atomic mass is 10.2. The van der Waals surface area contributed by atoms with Crippen molar-refractivity contribution in [2.24, 2.45) is 0 Å². The monoisotopic (exact) mass is 271 g/mol. The normalized spacial score (nSPS) is 17.2. The smallest absolute Gasteiger partial charge is 0.278 e. The number of carbonyl (C=O) groups is 1. The van der Waals surface area contributed by atoms with Crippen molar-refractivity contribution < 1.29 is 9.53 Å². The van der Waals surface area contributed by atoms with Crippen LogP contribution >= 0.6 is 0 Å². The van der Waals surface area contributed by atoms with Gasteiger partial charge in [-0.05, 0) is 25.1 Å². The number of carbonyl (C=O) groups excluding carboxylic acids is 1. The summed E-state index contributed by atoms with van der Waals surface area (Å²) in [5, 5.41) is 6.05. The molecule has 0 spiro atoms.